The summed E-state index contributed by atoms with van der Waals surface area (Å²) >= 11 is 3.40. The number of nitrogens with one attached hydrogen (secondary N) is 1. The van der Waals surface area contributed by atoms with Gasteiger partial charge in [0.05, 0.1) is 25.4 Å². The molecule has 0 unspecified atom stereocenters. The first-order valence-electron chi connectivity index (χ1n) is 5.82. The summed E-state index contributed by atoms with van der Waals surface area (Å²) in [5.41, 5.74) is 1.83. The van der Waals surface area contributed by atoms with E-state index in [0.717, 1.165) is 15.7 Å². The number of benzene rings is 1. The van der Waals surface area contributed by atoms with E-state index in [1.54, 1.807) is 13.2 Å². The summed E-state index contributed by atoms with van der Waals surface area (Å²) in [6.07, 6.45) is 0. The zero-order valence-electron chi connectivity index (χ0n) is 11.0. The zero-order valence-corrected chi connectivity index (χ0v) is 12.6. The fourth-order valence-electron chi connectivity index (χ4n) is 1.84. The van der Waals surface area contributed by atoms with Gasteiger partial charge in [0, 0.05) is 4.47 Å². The van der Waals surface area contributed by atoms with E-state index in [1.165, 1.54) is 6.07 Å². The summed E-state index contributed by atoms with van der Waals surface area (Å²) in [6, 6.07) is 6.71. The number of rotatable bonds is 5. The van der Waals surface area contributed by atoms with Crippen LogP contribution in [0.25, 0.3) is 0 Å². The summed E-state index contributed by atoms with van der Waals surface area (Å²) in [5.74, 6) is 0.917. The number of aryl methyl sites for hydroxylation is 1. The van der Waals surface area contributed by atoms with Crippen LogP contribution in [0.3, 0.4) is 0 Å². The topological polar surface area (TPSA) is 77.5 Å². The van der Waals surface area contributed by atoms with Gasteiger partial charge in [-0.1, -0.05) is 15.9 Å². The van der Waals surface area contributed by atoms with Crippen LogP contribution in [0.1, 0.15) is 11.3 Å². The molecule has 6 nitrogen and oxygen atoms in total. The lowest BCUT2D eigenvalue weighted by Gasteiger charge is -2.13. The van der Waals surface area contributed by atoms with Gasteiger partial charge in [-0.25, -0.2) is 0 Å². The minimum Gasteiger partial charge on any atom is -0.495 e. The normalized spacial score (nSPS) is 10.3. The van der Waals surface area contributed by atoms with Crippen molar-refractivity contribution in [2.24, 2.45) is 0 Å². The molecule has 1 aromatic heterocycles. The molecule has 106 valence electrons. The largest absolute Gasteiger partial charge is 0.495 e. The summed E-state index contributed by atoms with van der Waals surface area (Å²) in [4.78, 5) is 9.99. The van der Waals surface area contributed by atoms with Crippen LogP contribution >= 0.6 is 15.9 Å². The van der Waals surface area contributed by atoms with Crippen molar-refractivity contribution in [2.75, 3.05) is 12.4 Å². The Morgan fingerprint density at radius 3 is 2.80 bits per heavy atom. The molecule has 0 spiro atoms. The number of nitrogens with zero attached hydrogens (tertiary/aromatic N) is 1. The molecule has 0 saturated heterocycles. The van der Waals surface area contributed by atoms with Gasteiger partial charge in [0.15, 0.2) is 0 Å². The Morgan fingerprint density at radius 2 is 2.20 bits per heavy atom. The first-order valence-corrected chi connectivity index (χ1v) is 6.61. The van der Waals surface area contributed by atoms with Crippen molar-refractivity contribution in [3.8, 4) is 5.75 Å². The molecule has 0 amide bonds. The van der Waals surface area contributed by atoms with E-state index in [1.807, 2.05) is 19.1 Å². The SMILES string of the molecule is COc1cc(Br)cc(C)c1NCc1ccc([N+](=O)[O-])o1. The first kappa shape index (κ1) is 14.4. The Kier molecular flexibility index (Phi) is 4.29. The van der Waals surface area contributed by atoms with E-state index in [2.05, 4.69) is 21.2 Å². The zero-order chi connectivity index (χ0) is 14.7. The first-order chi connectivity index (χ1) is 9.51. The molecule has 2 rings (SSSR count). The van der Waals surface area contributed by atoms with E-state index in [9.17, 15) is 10.1 Å². The monoisotopic (exact) mass is 340 g/mol. The standard InChI is InChI=1S/C13H13BrN2O4/c1-8-5-9(14)6-11(19-2)13(8)15-7-10-3-4-12(20-10)16(17)18/h3-6,15H,7H2,1-2H3. The maximum absolute atomic E-state index is 10.5. The highest BCUT2D eigenvalue weighted by Crippen LogP contribution is 2.32. The van der Waals surface area contributed by atoms with Crippen LogP contribution in [0.15, 0.2) is 33.2 Å². The number of ether oxygens (including phenoxy) is 1. The fraction of sp³-hybridized carbons (Fsp3) is 0.231. The van der Waals surface area contributed by atoms with Crippen LogP contribution in [-0.2, 0) is 6.54 Å². The highest BCUT2D eigenvalue weighted by Gasteiger charge is 2.13. The third-order valence-corrected chi connectivity index (χ3v) is 3.21. The molecule has 1 aromatic carbocycles. The average Bonchev–Trinajstić information content (AvgIpc) is 2.85. The summed E-state index contributed by atoms with van der Waals surface area (Å²) < 4.78 is 11.3. The lowest BCUT2D eigenvalue weighted by atomic mass is 10.2. The van der Waals surface area contributed by atoms with Gasteiger partial charge in [0.2, 0.25) is 0 Å². The lowest BCUT2D eigenvalue weighted by Crippen LogP contribution is -2.02. The average molecular weight is 341 g/mol. The molecule has 1 N–H and O–H groups in total. The summed E-state index contributed by atoms with van der Waals surface area (Å²) in [7, 11) is 1.59. The number of furan rings is 1. The van der Waals surface area contributed by atoms with Crippen molar-refractivity contribution < 1.29 is 14.1 Å². The van der Waals surface area contributed by atoms with Gasteiger partial charge < -0.3 is 14.5 Å². The molecule has 2 aromatic rings. The minimum absolute atomic E-state index is 0.263. The van der Waals surface area contributed by atoms with Crippen molar-refractivity contribution in [3.63, 3.8) is 0 Å². The smallest absolute Gasteiger partial charge is 0.433 e. The van der Waals surface area contributed by atoms with Gasteiger partial charge in [-0.3, -0.25) is 10.1 Å². The number of nitro groups is 1. The molecule has 0 radical (unpaired) electrons. The number of hydrogen-bond donors (Lipinski definition) is 1. The molecule has 0 aliphatic heterocycles. The molecule has 0 aliphatic rings. The molecule has 7 heteroatoms. The second kappa shape index (κ2) is 5.96. The van der Waals surface area contributed by atoms with Gasteiger partial charge in [-0.15, -0.1) is 0 Å². The molecule has 1 heterocycles. The van der Waals surface area contributed by atoms with E-state index in [4.69, 9.17) is 9.15 Å². The number of halogens is 1. The maximum Gasteiger partial charge on any atom is 0.433 e. The second-order valence-electron chi connectivity index (χ2n) is 4.15. The molecule has 0 saturated carbocycles. The van der Waals surface area contributed by atoms with E-state index < -0.39 is 4.92 Å². The second-order valence-corrected chi connectivity index (χ2v) is 5.07. The summed E-state index contributed by atoms with van der Waals surface area (Å²) in [5, 5.41) is 13.7. The third-order valence-electron chi connectivity index (χ3n) is 2.75. The Balaban J connectivity index is 2.16. The maximum atomic E-state index is 10.5. The number of methoxy groups -OCH3 is 1. The van der Waals surface area contributed by atoms with Crippen molar-refractivity contribution in [2.45, 2.75) is 13.5 Å². The molecule has 0 fully saturated rings. The van der Waals surface area contributed by atoms with Crippen LogP contribution in [-0.4, -0.2) is 12.0 Å². The van der Waals surface area contributed by atoms with Gasteiger partial charge in [-0.2, -0.15) is 0 Å². The highest BCUT2D eigenvalue weighted by atomic mass is 79.9. The summed E-state index contributed by atoms with van der Waals surface area (Å²) in [6.45, 7) is 2.28. The lowest BCUT2D eigenvalue weighted by molar-refractivity contribution is -0.402. The quantitative estimate of drug-likeness (QED) is 0.660. The van der Waals surface area contributed by atoms with E-state index >= 15 is 0 Å². The molecule has 0 aliphatic carbocycles. The van der Waals surface area contributed by atoms with Crippen LogP contribution in [0.2, 0.25) is 0 Å². The Labute approximate surface area is 124 Å². The van der Waals surface area contributed by atoms with Crippen LogP contribution in [0.5, 0.6) is 5.75 Å². The number of anilines is 1. The molecule has 20 heavy (non-hydrogen) atoms. The van der Waals surface area contributed by atoms with Crippen LogP contribution < -0.4 is 10.1 Å². The van der Waals surface area contributed by atoms with Gasteiger partial charge in [0.25, 0.3) is 0 Å². The van der Waals surface area contributed by atoms with Crippen molar-refractivity contribution in [1.29, 1.82) is 0 Å². The fourth-order valence-corrected chi connectivity index (χ4v) is 2.39. The van der Waals surface area contributed by atoms with Gasteiger partial charge in [0.1, 0.15) is 16.4 Å². The van der Waals surface area contributed by atoms with E-state index in [0.29, 0.717) is 18.1 Å². The third kappa shape index (κ3) is 3.11. The van der Waals surface area contributed by atoms with Crippen LogP contribution in [0.4, 0.5) is 11.6 Å². The van der Waals surface area contributed by atoms with Crippen molar-refractivity contribution in [3.05, 3.63) is 50.2 Å². The number of hydrogen-bond acceptors (Lipinski definition) is 5. The Bertz CT molecular complexity index is 639. The molecule has 0 bridgehead atoms. The minimum atomic E-state index is -0.561. The predicted molar refractivity (Wildman–Crippen MR) is 78.1 cm³/mol. The molecular weight excluding hydrogens is 328 g/mol. The van der Waals surface area contributed by atoms with Gasteiger partial charge >= 0.3 is 5.88 Å². The molecular formula is C13H13BrN2O4. The van der Waals surface area contributed by atoms with Crippen LogP contribution in [0, 0.1) is 17.0 Å². The Morgan fingerprint density at radius 1 is 1.45 bits per heavy atom. The van der Waals surface area contributed by atoms with Crippen molar-refractivity contribution in [1.82, 2.24) is 0 Å². The van der Waals surface area contributed by atoms with Gasteiger partial charge in [-0.05, 0) is 30.7 Å². The van der Waals surface area contributed by atoms with E-state index in [-0.39, 0.29) is 5.88 Å². The van der Waals surface area contributed by atoms with Crippen molar-refractivity contribution >= 4 is 27.5 Å². The molecule has 0 atom stereocenters. The highest BCUT2D eigenvalue weighted by molar-refractivity contribution is 9.10. The Hall–Kier alpha value is -2.02. The predicted octanol–water partition coefficient (Wildman–Crippen LogP) is 3.88.